The van der Waals surface area contributed by atoms with E-state index in [2.05, 4.69) is 19.9 Å². The Balaban J connectivity index is 1.38. The molecular weight excluding hydrogens is 488 g/mol. The van der Waals surface area contributed by atoms with Gasteiger partial charge >= 0.3 is 5.97 Å². The van der Waals surface area contributed by atoms with Crippen LogP contribution in [-0.2, 0) is 24.5 Å². The van der Waals surface area contributed by atoms with E-state index in [0.717, 1.165) is 16.9 Å². The van der Waals surface area contributed by atoms with Gasteiger partial charge in [0.15, 0.2) is 30.5 Å². The fourth-order valence-corrected chi connectivity index (χ4v) is 4.74. The van der Waals surface area contributed by atoms with Crippen molar-refractivity contribution < 1.29 is 33.3 Å². The molecule has 0 aromatic heterocycles. The van der Waals surface area contributed by atoms with Gasteiger partial charge in [-0.1, -0.05) is 32.0 Å². The van der Waals surface area contributed by atoms with E-state index in [9.17, 15) is 14.4 Å². The maximum absolute atomic E-state index is 12.8. The highest BCUT2D eigenvalue weighted by atomic mass is 16.5. The second-order valence-corrected chi connectivity index (χ2v) is 9.65. The average Bonchev–Trinajstić information content (AvgIpc) is 3.12. The first kappa shape index (κ1) is 27.2. The summed E-state index contributed by atoms with van der Waals surface area (Å²) in [5.41, 5.74) is 2.89. The second-order valence-electron chi connectivity index (χ2n) is 9.65. The minimum atomic E-state index is -0.657. The third-order valence-electron chi connectivity index (χ3n) is 6.78. The van der Waals surface area contributed by atoms with E-state index in [0.29, 0.717) is 44.4 Å². The van der Waals surface area contributed by atoms with Crippen LogP contribution in [0, 0.1) is 0 Å². The van der Waals surface area contributed by atoms with Gasteiger partial charge in [-0.3, -0.25) is 9.59 Å². The number of para-hydroxylation sites is 1. The third kappa shape index (κ3) is 5.83. The van der Waals surface area contributed by atoms with Crippen molar-refractivity contribution in [2.75, 3.05) is 58.1 Å². The van der Waals surface area contributed by atoms with E-state index in [1.165, 1.54) is 12.1 Å². The Morgan fingerprint density at radius 1 is 1.00 bits per heavy atom. The quantitative estimate of drug-likeness (QED) is 0.366. The number of ketones is 1. The van der Waals surface area contributed by atoms with Crippen LogP contribution in [0.25, 0.3) is 0 Å². The average molecular weight is 523 g/mol. The molecule has 0 N–H and O–H groups in total. The molecule has 9 nitrogen and oxygen atoms in total. The first-order chi connectivity index (χ1) is 18.2. The summed E-state index contributed by atoms with van der Waals surface area (Å²) in [7, 11) is 1.92. The number of fused-ring (bicyclic) bond motifs is 1. The van der Waals surface area contributed by atoms with Crippen molar-refractivity contribution in [3.05, 3.63) is 65.4 Å². The molecule has 0 unspecified atom stereocenters. The summed E-state index contributed by atoms with van der Waals surface area (Å²) in [6, 6.07) is 12.6. The van der Waals surface area contributed by atoms with Crippen molar-refractivity contribution in [1.82, 2.24) is 4.90 Å². The molecule has 38 heavy (non-hydrogen) atoms. The number of rotatable bonds is 9. The maximum atomic E-state index is 12.8. The molecule has 2 aliphatic heterocycles. The molecule has 9 heteroatoms. The second kappa shape index (κ2) is 11.7. The van der Waals surface area contributed by atoms with Gasteiger partial charge in [-0.05, 0) is 36.8 Å². The summed E-state index contributed by atoms with van der Waals surface area (Å²) in [5.74, 6) is -0.455. The predicted molar refractivity (Wildman–Crippen MR) is 142 cm³/mol. The first-order valence-electron chi connectivity index (χ1n) is 12.7. The van der Waals surface area contributed by atoms with Crippen LogP contribution in [0.4, 0.5) is 5.69 Å². The van der Waals surface area contributed by atoms with Crippen molar-refractivity contribution in [2.24, 2.45) is 0 Å². The number of carbonyl (C=O) groups excluding carboxylic acids is 3. The maximum Gasteiger partial charge on any atom is 0.338 e. The Hall–Kier alpha value is -3.85. The molecule has 1 amide bonds. The lowest BCUT2D eigenvalue weighted by Gasteiger charge is -2.26. The molecule has 0 atom stereocenters. The Labute approximate surface area is 222 Å². The SMILES string of the molecule is CCOc1cc(C(=O)OCC(=O)/C=C2/N(C)c3ccccc3C2(C)C)ccc1OCC(=O)N1CCOCC1. The summed E-state index contributed by atoms with van der Waals surface area (Å²) in [4.78, 5) is 41.6. The van der Waals surface area contributed by atoms with Gasteiger partial charge in [0, 0.05) is 43.0 Å². The van der Waals surface area contributed by atoms with Crippen molar-refractivity contribution >= 4 is 23.3 Å². The van der Waals surface area contributed by atoms with Gasteiger partial charge in [0.05, 0.1) is 25.4 Å². The minimum Gasteiger partial charge on any atom is -0.490 e. The van der Waals surface area contributed by atoms with Crippen LogP contribution in [0.15, 0.2) is 54.2 Å². The Morgan fingerprint density at radius 2 is 1.74 bits per heavy atom. The normalized spacial score (nSPS) is 17.2. The number of allylic oxidation sites excluding steroid dienone is 1. The van der Waals surface area contributed by atoms with Crippen molar-refractivity contribution in [1.29, 1.82) is 0 Å². The Bertz CT molecular complexity index is 1230. The number of amides is 1. The summed E-state index contributed by atoms with van der Waals surface area (Å²) in [6.45, 7) is 7.80. The fraction of sp³-hybridized carbons (Fsp3) is 0.414. The van der Waals surface area contributed by atoms with Gasteiger partial charge in [-0.2, -0.15) is 0 Å². The summed E-state index contributed by atoms with van der Waals surface area (Å²) >= 11 is 0. The van der Waals surface area contributed by atoms with Crippen LogP contribution in [0.1, 0.15) is 36.7 Å². The first-order valence-corrected chi connectivity index (χ1v) is 12.7. The van der Waals surface area contributed by atoms with E-state index in [4.69, 9.17) is 18.9 Å². The van der Waals surface area contributed by atoms with Gasteiger partial charge in [-0.25, -0.2) is 4.79 Å². The zero-order valence-corrected chi connectivity index (χ0v) is 22.3. The van der Waals surface area contributed by atoms with Gasteiger partial charge in [0.25, 0.3) is 5.91 Å². The number of ether oxygens (including phenoxy) is 4. The van der Waals surface area contributed by atoms with E-state index in [-0.39, 0.29) is 29.3 Å². The molecule has 2 aromatic rings. The summed E-state index contributed by atoms with van der Waals surface area (Å²) in [5, 5.41) is 0. The van der Waals surface area contributed by atoms with E-state index in [1.54, 1.807) is 24.0 Å². The molecule has 0 aliphatic carbocycles. The molecule has 202 valence electrons. The largest absolute Gasteiger partial charge is 0.490 e. The molecule has 1 saturated heterocycles. The lowest BCUT2D eigenvalue weighted by molar-refractivity contribution is -0.137. The van der Waals surface area contributed by atoms with Gasteiger partial charge in [0.2, 0.25) is 0 Å². The highest BCUT2D eigenvalue weighted by Gasteiger charge is 2.38. The topological polar surface area (TPSA) is 94.6 Å². The van der Waals surface area contributed by atoms with Crippen LogP contribution >= 0.6 is 0 Å². The van der Waals surface area contributed by atoms with Crippen LogP contribution in [0.5, 0.6) is 11.5 Å². The molecule has 0 radical (unpaired) electrons. The van der Waals surface area contributed by atoms with E-state index < -0.39 is 12.6 Å². The van der Waals surface area contributed by atoms with Gasteiger partial charge in [-0.15, -0.1) is 0 Å². The van der Waals surface area contributed by atoms with E-state index >= 15 is 0 Å². The molecule has 2 aromatic carbocycles. The Kier molecular flexibility index (Phi) is 8.36. The van der Waals surface area contributed by atoms with Crippen molar-refractivity contribution in [2.45, 2.75) is 26.2 Å². The number of carbonyl (C=O) groups is 3. The van der Waals surface area contributed by atoms with Crippen molar-refractivity contribution in [3.63, 3.8) is 0 Å². The molecular formula is C29H34N2O7. The fourth-order valence-electron chi connectivity index (χ4n) is 4.74. The summed E-state index contributed by atoms with van der Waals surface area (Å²) in [6.07, 6.45) is 1.54. The van der Waals surface area contributed by atoms with Crippen LogP contribution < -0.4 is 14.4 Å². The zero-order chi connectivity index (χ0) is 27.3. The number of likely N-dealkylation sites (N-methyl/N-ethyl adjacent to an activating group) is 1. The highest BCUT2D eigenvalue weighted by Crippen LogP contribution is 2.46. The highest BCUT2D eigenvalue weighted by molar-refractivity contribution is 5.97. The number of nitrogens with zero attached hydrogens (tertiary/aromatic N) is 2. The van der Waals surface area contributed by atoms with E-state index in [1.807, 2.05) is 30.1 Å². The lowest BCUT2D eigenvalue weighted by Crippen LogP contribution is -2.43. The number of anilines is 1. The Morgan fingerprint density at radius 3 is 2.45 bits per heavy atom. The minimum absolute atomic E-state index is 0.147. The predicted octanol–water partition coefficient (Wildman–Crippen LogP) is 3.36. The van der Waals surface area contributed by atoms with Gasteiger partial charge < -0.3 is 28.7 Å². The molecule has 2 heterocycles. The monoisotopic (exact) mass is 522 g/mol. The van der Waals surface area contributed by atoms with Crippen LogP contribution in [0.3, 0.4) is 0 Å². The molecule has 2 aliphatic rings. The van der Waals surface area contributed by atoms with Crippen molar-refractivity contribution in [3.8, 4) is 11.5 Å². The smallest absolute Gasteiger partial charge is 0.338 e. The molecule has 1 fully saturated rings. The number of morpholine rings is 1. The lowest BCUT2D eigenvalue weighted by atomic mass is 9.83. The van der Waals surface area contributed by atoms with Crippen LogP contribution in [-0.4, -0.2) is 75.7 Å². The number of hydrogen-bond acceptors (Lipinski definition) is 8. The number of hydrogen-bond donors (Lipinski definition) is 0. The third-order valence-corrected chi connectivity index (χ3v) is 6.78. The van der Waals surface area contributed by atoms with Crippen LogP contribution in [0.2, 0.25) is 0 Å². The standard InChI is InChI=1S/C29H34N2O7/c1-5-36-25-16-20(10-11-24(25)37-19-27(33)31-12-14-35-15-13-31)28(34)38-18-21(32)17-26-29(2,3)22-8-6-7-9-23(22)30(26)4/h6-11,16-17H,5,12-15,18-19H2,1-4H3/b26-17+. The van der Waals surface area contributed by atoms with Gasteiger partial charge in [0.1, 0.15) is 0 Å². The molecule has 0 bridgehead atoms. The molecule has 0 spiro atoms. The molecule has 4 rings (SSSR count). The summed E-state index contributed by atoms with van der Waals surface area (Å²) < 4.78 is 21.9. The number of esters is 1. The number of benzene rings is 2. The zero-order valence-electron chi connectivity index (χ0n) is 22.3. The molecule has 0 saturated carbocycles.